The lowest BCUT2D eigenvalue weighted by molar-refractivity contribution is -0.157. The van der Waals surface area contributed by atoms with Crippen LogP contribution in [0.5, 0.6) is 11.5 Å². The summed E-state index contributed by atoms with van der Waals surface area (Å²) in [6.45, 7) is 16.3. The smallest absolute Gasteiger partial charge is 0.468 e. The highest BCUT2D eigenvalue weighted by Crippen LogP contribution is 2.32. The van der Waals surface area contributed by atoms with Crippen molar-refractivity contribution >= 4 is 24.2 Å². The fraction of sp³-hybridized carbons (Fsp3) is 0.667. The van der Waals surface area contributed by atoms with Gasteiger partial charge in [-0.2, -0.15) is 0 Å². The highest BCUT2D eigenvalue weighted by atomic mass is 16.8. The minimum absolute atomic E-state index is 0.0343. The lowest BCUT2D eigenvalue weighted by Gasteiger charge is -2.28. The zero-order valence-electron chi connectivity index (χ0n) is 26.0. The van der Waals surface area contributed by atoms with E-state index in [1.165, 1.54) is 19.2 Å². The van der Waals surface area contributed by atoms with E-state index >= 15 is 0 Å². The number of ether oxygens (including phenoxy) is 6. The summed E-state index contributed by atoms with van der Waals surface area (Å²) in [4.78, 5) is 50.0. The second kappa shape index (κ2) is 15.6. The predicted octanol–water partition coefficient (Wildman–Crippen LogP) is 5.59. The van der Waals surface area contributed by atoms with E-state index in [-0.39, 0.29) is 42.8 Å². The predicted molar refractivity (Wildman–Crippen MR) is 152 cm³/mol. The van der Waals surface area contributed by atoms with Crippen molar-refractivity contribution in [2.24, 2.45) is 23.0 Å². The van der Waals surface area contributed by atoms with Crippen LogP contribution in [0.25, 0.3) is 0 Å². The molecule has 0 radical (unpaired) electrons. The molecule has 0 aliphatic carbocycles. The Morgan fingerprint density at radius 2 is 1.34 bits per heavy atom. The molecular formula is C30H47NO10. The number of rotatable bonds is 14. The second-order valence-electron chi connectivity index (χ2n) is 11.6. The number of nitrogens with two attached hydrogens (primary N) is 1. The van der Waals surface area contributed by atoms with E-state index in [9.17, 15) is 19.2 Å². The Morgan fingerprint density at radius 3 is 1.80 bits per heavy atom. The van der Waals surface area contributed by atoms with Gasteiger partial charge < -0.3 is 34.2 Å². The van der Waals surface area contributed by atoms with Crippen molar-refractivity contribution in [1.29, 1.82) is 0 Å². The van der Waals surface area contributed by atoms with Gasteiger partial charge in [-0.15, -0.1) is 0 Å². The van der Waals surface area contributed by atoms with Crippen molar-refractivity contribution in [2.75, 3.05) is 13.7 Å². The van der Waals surface area contributed by atoms with Gasteiger partial charge in [0.15, 0.2) is 11.5 Å². The molecular weight excluding hydrogens is 534 g/mol. The summed E-state index contributed by atoms with van der Waals surface area (Å²) in [5, 5.41) is 0. The Morgan fingerprint density at radius 1 is 0.829 bits per heavy atom. The molecule has 41 heavy (non-hydrogen) atoms. The Bertz CT molecular complexity index is 1050. The molecule has 11 heteroatoms. The van der Waals surface area contributed by atoms with Crippen LogP contribution < -0.4 is 15.2 Å². The molecule has 0 saturated heterocycles. The number of methoxy groups -OCH3 is 1. The summed E-state index contributed by atoms with van der Waals surface area (Å²) >= 11 is 0. The fourth-order valence-corrected chi connectivity index (χ4v) is 3.13. The first-order valence-corrected chi connectivity index (χ1v) is 13.9. The largest absolute Gasteiger partial charge is 0.514 e. The average molecular weight is 582 g/mol. The van der Waals surface area contributed by atoms with Crippen LogP contribution in [-0.4, -0.2) is 55.7 Å². The molecule has 0 spiro atoms. The number of hydrogen-bond acceptors (Lipinski definition) is 11. The Hall–Kier alpha value is -3.34. The number of hydrogen-bond donors (Lipinski definition) is 1. The van der Waals surface area contributed by atoms with Crippen molar-refractivity contribution in [1.82, 2.24) is 0 Å². The zero-order chi connectivity index (χ0) is 31.5. The first kappa shape index (κ1) is 35.7. The minimum atomic E-state index is -1.58. The van der Waals surface area contributed by atoms with Crippen LogP contribution in [0.2, 0.25) is 0 Å². The highest BCUT2D eigenvalue weighted by molar-refractivity contribution is 5.81. The van der Waals surface area contributed by atoms with Crippen molar-refractivity contribution < 1.29 is 47.6 Å². The molecule has 0 fully saturated rings. The molecule has 0 saturated carbocycles. The number of carbonyl (C=O) groups excluding carboxylic acids is 4. The summed E-state index contributed by atoms with van der Waals surface area (Å²) in [5.41, 5.74) is 4.65. The van der Waals surface area contributed by atoms with Crippen molar-refractivity contribution in [3.63, 3.8) is 0 Å². The summed E-state index contributed by atoms with van der Waals surface area (Å²) in [7, 11) is 1.21. The van der Waals surface area contributed by atoms with E-state index < -0.39 is 47.4 Å². The van der Waals surface area contributed by atoms with Crippen LogP contribution in [0.4, 0.5) is 9.59 Å². The van der Waals surface area contributed by atoms with Gasteiger partial charge >= 0.3 is 24.2 Å². The molecule has 1 aromatic rings. The number of esters is 2. The van der Waals surface area contributed by atoms with E-state index in [4.69, 9.17) is 34.2 Å². The number of carbonyl (C=O) groups is 4. The van der Waals surface area contributed by atoms with E-state index in [1.807, 2.05) is 34.6 Å². The topological polar surface area (TPSA) is 150 Å². The first-order valence-electron chi connectivity index (χ1n) is 13.9. The van der Waals surface area contributed by atoms with Crippen LogP contribution in [0.1, 0.15) is 80.7 Å². The van der Waals surface area contributed by atoms with Gasteiger partial charge in [-0.1, -0.05) is 40.7 Å². The van der Waals surface area contributed by atoms with Gasteiger partial charge in [-0.05, 0) is 63.6 Å². The van der Waals surface area contributed by atoms with Crippen LogP contribution in [-0.2, 0) is 35.0 Å². The highest BCUT2D eigenvalue weighted by Gasteiger charge is 2.37. The third-order valence-corrected chi connectivity index (χ3v) is 7.17. The molecule has 0 bridgehead atoms. The average Bonchev–Trinajstić information content (AvgIpc) is 2.89. The maximum absolute atomic E-state index is 12.7. The molecule has 232 valence electrons. The summed E-state index contributed by atoms with van der Waals surface area (Å²) in [6, 6.07) is 4.36. The third-order valence-electron chi connectivity index (χ3n) is 7.17. The van der Waals surface area contributed by atoms with Crippen LogP contribution in [0.3, 0.4) is 0 Å². The minimum Gasteiger partial charge on any atom is -0.468 e. The maximum atomic E-state index is 12.7. The van der Waals surface area contributed by atoms with Crippen molar-refractivity contribution in [2.45, 2.75) is 99.3 Å². The SMILES string of the molecule is CCC(C)(C)C(=O)OCC[C@@](N)(Cc1ccc(OC(=O)OC(C)C(C)C)c(OC(=O)OC(C)C(C)C)c1)C(=O)OC. The molecule has 0 aromatic heterocycles. The molecule has 0 amide bonds. The van der Waals surface area contributed by atoms with E-state index in [0.717, 1.165) is 0 Å². The quantitative estimate of drug-likeness (QED) is 0.166. The molecule has 0 heterocycles. The molecule has 11 nitrogen and oxygen atoms in total. The normalized spacial score (nSPS) is 14.5. The fourth-order valence-electron chi connectivity index (χ4n) is 3.13. The van der Waals surface area contributed by atoms with E-state index in [2.05, 4.69) is 0 Å². The van der Waals surface area contributed by atoms with Crippen LogP contribution in [0, 0.1) is 17.3 Å². The van der Waals surface area contributed by atoms with Gasteiger partial charge in [0.25, 0.3) is 0 Å². The van der Waals surface area contributed by atoms with Crippen LogP contribution >= 0.6 is 0 Å². The first-order chi connectivity index (χ1) is 18.9. The lowest BCUT2D eigenvalue weighted by Crippen LogP contribution is -2.51. The molecule has 3 atom stereocenters. The Labute approximate surface area is 243 Å². The van der Waals surface area contributed by atoms with Gasteiger partial charge in [0.2, 0.25) is 0 Å². The van der Waals surface area contributed by atoms with Gasteiger partial charge in [-0.25, -0.2) is 9.59 Å². The number of benzene rings is 1. The summed E-state index contributed by atoms with van der Waals surface area (Å²) in [5.74, 6) is -1.27. The van der Waals surface area contributed by atoms with Crippen molar-refractivity contribution in [3.05, 3.63) is 23.8 Å². The monoisotopic (exact) mass is 581 g/mol. The molecule has 2 unspecified atom stereocenters. The molecule has 1 rings (SSSR count). The molecule has 2 N–H and O–H groups in total. The van der Waals surface area contributed by atoms with Crippen LogP contribution in [0.15, 0.2) is 18.2 Å². The summed E-state index contributed by atoms with van der Waals surface area (Å²) in [6.07, 6.45) is -2.37. The van der Waals surface area contributed by atoms with Gasteiger partial charge in [0, 0.05) is 12.8 Å². The third kappa shape index (κ3) is 11.2. The van der Waals surface area contributed by atoms with E-state index in [1.54, 1.807) is 33.8 Å². The van der Waals surface area contributed by atoms with E-state index in [0.29, 0.717) is 12.0 Å². The second-order valence-corrected chi connectivity index (χ2v) is 11.6. The summed E-state index contributed by atoms with van der Waals surface area (Å²) < 4.78 is 31.6. The van der Waals surface area contributed by atoms with Gasteiger partial charge in [0.05, 0.1) is 19.1 Å². The standard InChI is InChI=1S/C30H47NO10/c1-11-29(8,9)25(32)37-15-14-30(31,26(33)36-10)17-22-12-13-23(40-27(34)38-20(6)18(2)3)24(16-22)41-28(35)39-21(7)19(4)5/h12-13,16,18-21H,11,14-15,17,31H2,1-10H3/t20?,21?,30-/m1/s1. The maximum Gasteiger partial charge on any atom is 0.514 e. The van der Waals surface area contributed by atoms with Crippen molar-refractivity contribution in [3.8, 4) is 11.5 Å². The molecule has 0 aliphatic heterocycles. The zero-order valence-corrected chi connectivity index (χ0v) is 26.0. The Balaban J connectivity index is 3.26. The lowest BCUT2D eigenvalue weighted by atomic mass is 9.88. The van der Waals surface area contributed by atoms with Gasteiger partial charge in [-0.3, -0.25) is 9.59 Å². The van der Waals surface area contributed by atoms with Gasteiger partial charge in [0.1, 0.15) is 17.7 Å². The molecule has 0 aliphatic rings. The molecule has 1 aromatic carbocycles. The Kier molecular flexibility index (Phi) is 13.6.